The molecule has 5 nitrogen and oxygen atoms in total. The number of halogens is 1. The Morgan fingerprint density at radius 2 is 1.54 bits per heavy atom. The predicted molar refractivity (Wildman–Crippen MR) is 111 cm³/mol. The van der Waals surface area contributed by atoms with E-state index in [0.717, 1.165) is 25.2 Å². The zero-order valence-corrected chi connectivity index (χ0v) is 17.3. The zero-order chi connectivity index (χ0) is 20.0. The Morgan fingerprint density at radius 1 is 0.929 bits per heavy atom. The number of benzene rings is 2. The number of hydrogen-bond acceptors (Lipinski definition) is 4. The molecular formula is C21H25ClN2O3S. The summed E-state index contributed by atoms with van der Waals surface area (Å²) in [6.45, 7) is 3.56. The highest BCUT2D eigenvalue weighted by Crippen LogP contribution is 2.16. The molecule has 1 saturated heterocycles. The average molecular weight is 421 g/mol. The van der Waals surface area contributed by atoms with Crippen molar-refractivity contribution in [1.82, 2.24) is 10.2 Å². The van der Waals surface area contributed by atoms with Gasteiger partial charge >= 0.3 is 0 Å². The first-order chi connectivity index (χ1) is 13.4. The third kappa shape index (κ3) is 6.06. The van der Waals surface area contributed by atoms with E-state index in [1.165, 1.54) is 49.1 Å². The van der Waals surface area contributed by atoms with E-state index < -0.39 is 21.5 Å². The molecule has 1 heterocycles. The molecule has 150 valence electrons. The summed E-state index contributed by atoms with van der Waals surface area (Å²) < 4.78 is 24.6. The lowest BCUT2D eigenvalue weighted by molar-refractivity contribution is -0.118. The van der Waals surface area contributed by atoms with E-state index in [0.29, 0.717) is 11.6 Å². The highest BCUT2D eigenvalue weighted by molar-refractivity contribution is 7.92. The minimum absolute atomic E-state index is 0.0918. The Labute approximate surface area is 171 Å². The second-order valence-corrected chi connectivity index (χ2v) is 9.57. The monoisotopic (exact) mass is 420 g/mol. The molecule has 0 spiro atoms. The van der Waals surface area contributed by atoms with Crippen molar-refractivity contribution in [3.63, 3.8) is 0 Å². The maximum absolute atomic E-state index is 12.3. The van der Waals surface area contributed by atoms with Crippen molar-refractivity contribution in [2.75, 3.05) is 18.8 Å². The highest BCUT2D eigenvalue weighted by atomic mass is 35.5. The molecule has 1 aliphatic rings. The van der Waals surface area contributed by atoms with Gasteiger partial charge in [0.05, 0.1) is 4.90 Å². The van der Waals surface area contributed by atoms with Crippen LogP contribution < -0.4 is 5.32 Å². The summed E-state index contributed by atoms with van der Waals surface area (Å²) in [6.07, 6.45) is 3.86. The third-order valence-electron chi connectivity index (χ3n) is 4.86. The fourth-order valence-electron chi connectivity index (χ4n) is 3.29. The van der Waals surface area contributed by atoms with Gasteiger partial charge in [-0.25, -0.2) is 8.42 Å². The van der Waals surface area contributed by atoms with Gasteiger partial charge < -0.3 is 5.32 Å². The van der Waals surface area contributed by atoms with Crippen molar-refractivity contribution < 1.29 is 13.2 Å². The molecule has 3 rings (SSSR count). The Morgan fingerprint density at radius 3 is 2.18 bits per heavy atom. The quantitative estimate of drug-likeness (QED) is 0.745. The molecule has 0 atom stereocenters. The van der Waals surface area contributed by atoms with Crippen LogP contribution in [0.5, 0.6) is 0 Å². The molecule has 1 fully saturated rings. The van der Waals surface area contributed by atoms with Gasteiger partial charge in [-0.2, -0.15) is 0 Å². The van der Waals surface area contributed by atoms with Crippen molar-refractivity contribution >= 4 is 27.3 Å². The lowest BCUT2D eigenvalue weighted by Gasteiger charge is -2.26. The van der Waals surface area contributed by atoms with Gasteiger partial charge in [-0.1, -0.05) is 42.3 Å². The Hall–Kier alpha value is -1.89. The van der Waals surface area contributed by atoms with Gasteiger partial charge in [0.15, 0.2) is 9.84 Å². The van der Waals surface area contributed by atoms with Gasteiger partial charge in [0, 0.05) is 18.1 Å². The summed E-state index contributed by atoms with van der Waals surface area (Å²) >= 11 is 5.77. The number of amides is 1. The van der Waals surface area contributed by atoms with Crippen molar-refractivity contribution in [2.45, 2.75) is 37.2 Å². The van der Waals surface area contributed by atoms with Crippen molar-refractivity contribution in [3.8, 4) is 0 Å². The summed E-state index contributed by atoms with van der Waals surface area (Å²) in [5, 5.41) is 3.13. The highest BCUT2D eigenvalue weighted by Gasteiger charge is 2.19. The fourth-order valence-corrected chi connectivity index (χ4v) is 4.58. The Kier molecular flexibility index (Phi) is 7.10. The number of carbonyl (C=O) groups is 1. The maximum Gasteiger partial charge on any atom is 0.235 e. The van der Waals surface area contributed by atoms with Crippen LogP contribution in [0.15, 0.2) is 53.4 Å². The van der Waals surface area contributed by atoms with Gasteiger partial charge in [-0.3, -0.25) is 9.69 Å². The average Bonchev–Trinajstić information content (AvgIpc) is 2.68. The maximum atomic E-state index is 12.3. The van der Waals surface area contributed by atoms with Gasteiger partial charge in [0.25, 0.3) is 0 Å². The second-order valence-electron chi connectivity index (χ2n) is 7.14. The first-order valence-corrected chi connectivity index (χ1v) is 11.5. The molecule has 1 N–H and O–H groups in total. The second kappa shape index (κ2) is 9.54. The summed E-state index contributed by atoms with van der Waals surface area (Å²) in [4.78, 5) is 14.6. The number of likely N-dealkylation sites (tertiary alicyclic amines) is 1. The van der Waals surface area contributed by atoms with Crippen LogP contribution in [-0.2, 0) is 27.7 Å². The number of piperidine rings is 1. The summed E-state index contributed by atoms with van der Waals surface area (Å²) in [5.41, 5.74) is 2.20. The van der Waals surface area contributed by atoms with Gasteiger partial charge in [-0.15, -0.1) is 0 Å². The van der Waals surface area contributed by atoms with Gasteiger partial charge in [0.1, 0.15) is 5.75 Å². The first-order valence-electron chi connectivity index (χ1n) is 9.47. The smallest absolute Gasteiger partial charge is 0.235 e. The Bertz CT molecular complexity index is 890. The predicted octanol–water partition coefficient (Wildman–Crippen LogP) is 3.42. The van der Waals surface area contributed by atoms with Crippen LogP contribution in [0.2, 0.25) is 5.02 Å². The molecule has 0 aromatic heterocycles. The zero-order valence-electron chi connectivity index (χ0n) is 15.7. The number of hydrogen-bond donors (Lipinski definition) is 1. The Balaban J connectivity index is 1.49. The first kappa shape index (κ1) is 20.8. The number of rotatable bonds is 7. The molecule has 0 unspecified atom stereocenters. The molecule has 1 amide bonds. The number of nitrogens with one attached hydrogen (secondary N) is 1. The fraction of sp³-hybridized carbons (Fsp3) is 0.381. The molecular weight excluding hydrogens is 396 g/mol. The minimum Gasteiger partial charge on any atom is -0.351 e. The lowest BCUT2D eigenvalue weighted by Crippen LogP contribution is -2.30. The molecule has 28 heavy (non-hydrogen) atoms. The van der Waals surface area contributed by atoms with Crippen molar-refractivity contribution in [2.24, 2.45) is 0 Å². The van der Waals surface area contributed by atoms with Crippen LogP contribution in [0.3, 0.4) is 0 Å². The van der Waals surface area contributed by atoms with Crippen molar-refractivity contribution in [1.29, 1.82) is 0 Å². The molecule has 2 aromatic carbocycles. The summed E-state index contributed by atoms with van der Waals surface area (Å²) in [5.74, 6) is -1.10. The SMILES string of the molecule is O=C(CS(=O)(=O)c1ccc(Cl)cc1)NCc1ccc(CN2CCCCC2)cc1. The molecule has 0 aliphatic carbocycles. The molecule has 0 bridgehead atoms. The number of carbonyl (C=O) groups excluding carboxylic acids is 1. The van der Waals surface area contributed by atoms with Crippen molar-refractivity contribution in [3.05, 3.63) is 64.7 Å². The topological polar surface area (TPSA) is 66.5 Å². The van der Waals surface area contributed by atoms with E-state index in [1.807, 2.05) is 12.1 Å². The van der Waals surface area contributed by atoms with Gasteiger partial charge in [0.2, 0.25) is 5.91 Å². The largest absolute Gasteiger partial charge is 0.351 e. The van der Waals surface area contributed by atoms with Gasteiger partial charge in [-0.05, 0) is 61.3 Å². The standard InChI is InChI=1S/C21H25ClN2O3S/c22-19-8-10-20(11-9-19)28(26,27)16-21(25)23-14-17-4-6-18(7-5-17)15-24-12-2-1-3-13-24/h4-11H,1-3,12-16H2,(H,23,25). The van der Waals surface area contributed by atoms with Crippen LogP contribution in [0.25, 0.3) is 0 Å². The summed E-state index contributed by atoms with van der Waals surface area (Å²) in [6, 6.07) is 13.9. The van der Waals surface area contributed by atoms with E-state index in [2.05, 4.69) is 22.3 Å². The van der Waals surface area contributed by atoms with Crippen LogP contribution in [0.1, 0.15) is 30.4 Å². The van der Waals surface area contributed by atoms with Crippen LogP contribution >= 0.6 is 11.6 Å². The van der Waals surface area contributed by atoms with E-state index in [1.54, 1.807) is 0 Å². The van der Waals surface area contributed by atoms with E-state index in [4.69, 9.17) is 11.6 Å². The number of nitrogens with zero attached hydrogens (tertiary/aromatic N) is 1. The van der Waals surface area contributed by atoms with Crippen LogP contribution in [0.4, 0.5) is 0 Å². The molecule has 0 saturated carbocycles. The minimum atomic E-state index is -3.68. The molecule has 2 aromatic rings. The van der Waals surface area contributed by atoms with E-state index >= 15 is 0 Å². The molecule has 0 radical (unpaired) electrons. The van der Waals surface area contributed by atoms with Crippen LogP contribution in [-0.4, -0.2) is 38.1 Å². The summed E-state index contributed by atoms with van der Waals surface area (Å²) in [7, 11) is -3.68. The number of sulfone groups is 1. The lowest BCUT2D eigenvalue weighted by atomic mass is 10.1. The van der Waals surface area contributed by atoms with Crippen LogP contribution in [0, 0.1) is 0 Å². The van der Waals surface area contributed by atoms with E-state index in [9.17, 15) is 13.2 Å². The van der Waals surface area contributed by atoms with E-state index in [-0.39, 0.29) is 4.90 Å². The molecule has 7 heteroatoms. The normalized spacial score (nSPS) is 15.3. The third-order valence-corrected chi connectivity index (χ3v) is 6.75. The molecule has 1 aliphatic heterocycles.